The maximum Gasteiger partial charge on any atom is 0.244 e. The molecule has 0 bridgehead atoms. The molecular formula is C23H32N2O4S. The molecule has 2 atom stereocenters. The molecule has 0 unspecified atom stereocenters. The van der Waals surface area contributed by atoms with Crippen LogP contribution in [0.3, 0.4) is 0 Å². The SMILES string of the molecule is CC[C@H](C(=O)N[C@H](CC(C)C)c1ccccc1)N(c1cccc(OC)c1)S(C)(=O)=O. The minimum absolute atomic E-state index is 0.195. The highest BCUT2D eigenvalue weighted by Crippen LogP contribution is 2.27. The van der Waals surface area contributed by atoms with Gasteiger partial charge in [0, 0.05) is 6.07 Å². The lowest BCUT2D eigenvalue weighted by atomic mass is 9.96. The van der Waals surface area contributed by atoms with E-state index in [1.807, 2.05) is 37.3 Å². The summed E-state index contributed by atoms with van der Waals surface area (Å²) < 4.78 is 31.8. The molecule has 0 aliphatic rings. The fraction of sp³-hybridized carbons (Fsp3) is 0.435. The summed E-state index contributed by atoms with van der Waals surface area (Å²) in [7, 11) is -2.19. The first-order chi connectivity index (χ1) is 14.2. The molecule has 0 spiro atoms. The highest BCUT2D eigenvalue weighted by atomic mass is 32.2. The molecule has 0 heterocycles. The second-order valence-corrected chi connectivity index (χ2v) is 9.65. The van der Waals surface area contributed by atoms with Crippen LogP contribution in [0.2, 0.25) is 0 Å². The molecule has 0 fully saturated rings. The third-order valence-corrected chi connectivity index (χ3v) is 6.04. The number of hydrogen-bond acceptors (Lipinski definition) is 4. The van der Waals surface area contributed by atoms with Crippen LogP contribution in [-0.2, 0) is 14.8 Å². The molecule has 0 saturated heterocycles. The molecule has 1 amide bonds. The Hall–Kier alpha value is -2.54. The van der Waals surface area contributed by atoms with Crippen LogP contribution in [0.15, 0.2) is 54.6 Å². The summed E-state index contributed by atoms with van der Waals surface area (Å²) in [5.74, 6) is 0.568. The van der Waals surface area contributed by atoms with E-state index in [1.54, 1.807) is 24.3 Å². The van der Waals surface area contributed by atoms with E-state index in [2.05, 4.69) is 19.2 Å². The Morgan fingerprint density at radius 3 is 2.30 bits per heavy atom. The van der Waals surface area contributed by atoms with E-state index in [9.17, 15) is 13.2 Å². The number of amides is 1. The fourth-order valence-electron chi connectivity index (χ4n) is 3.51. The predicted molar refractivity (Wildman–Crippen MR) is 121 cm³/mol. The molecule has 2 rings (SSSR count). The van der Waals surface area contributed by atoms with Gasteiger partial charge in [0.25, 0.3) is 0 Å². The first kappa shape index (κ1) is 23.7. The van der Waals surface area contributed by atoms with E-state index in [1.165, 1.54) is 11.4 Å². The maximum atomic E-state index is 13.3. The van der Waals surface area contributed by atoms with Crippen LogP contribution in [0, 0.1) is 5.92 Å². The predicted octanol–water partition coefficient (Wildman–Crippen LogP) is 4.14. The quantitative estimate of drug-likeness (QED) is 0.612. The van der Waals surface area contributed by atoms with E-state index in [4.69, 9.17) is 4.74 Å². The number of ether oxygens (including phenoxy) is 1. The van der Waals surface area contributed by atoms with Crippen molar-refractivity contribution in [2.75, 3.05) is 17.7 Å². The molecule has 164 valence electrons. The highest BCUT2D eigenvalue weighted by molar-refractivity contribution is 7.92. The summed E-state index contributed by atoms with van der Waals surface area (Å²) in [6.07, 6.45) is 2.20. The molecule has 0 saturated carbocycles. The Kier molecular flexibility index (Phi) is 8.29. The molecule has 0 aliphatic carbocycles. The van der Waals surface area contributed by atoms with Crippen molar-refractivity contribution in [1.29, 1.82) is 0 Å². The number of carbonyl (C=O) groups is 1. The van der Waals surface area contributed by atoms with E-state index < -0.39 is 16.1 Å². The van der Waals surface area contributed by atoms with Gasteiger partial charge in [0.15, 0.2) is 0 Å². The zero-order valence-corrected chi connectivity index (χ0v) is 19.1. The van der Waals surface area contributed by atoms with Crippen molar-refractivity contribution in [1.82, 2.24) is 5.32 Å². The summed E-state index contributed by atoms with van der Waals surface area (Å²) in [6, 6.07) is 15.4. The van der Waals surface area contributed by atoms with Crippen LogP contribution in [0.4, 0.5) is 5.69 Å². The zero-order chi connectivity index (χ0) is 22.3. The van der Waals surface area contributed by atoms with Crippen molar-refractivity contribution < 1.29 is 17.9 Å². The standard InChI is InChI=1S/C23H32N2O4S/c1-6-22(25(30(5,27)28)19-13-10-14-20(16-19)29-4)23(26)24-21(15-17(2)3)18-11-8-7-9-12-18/h7-14,16-17,21-22H,6,15H2,1-5H3,(H,24,26)/t21-,22-/m1/s1. The topological polar surface area (TPSA) is 75.7 Å². The van der Waals surface area contributed by atoms with E-state index in [-0.39, 0.29) is 11.9 Å². The number of nitrogens with zero attached hydrogens (tertiary/aromatic N) is 1. The van der Waals surface area contributed by atoms with Gasteiger partial charge in [-0.15, -0.1) is 0 Å². The average molecular weight is 433 g/mol. The zero-order valence-electron chi connectivity index (χ0n) is 18.3. The summed E-state index contributed by atoms with van der Waals surface area (Å²) >= 11 is 0. The lowest BCUT2D eigenvalue weighted by Gasteiger charge is -2.32. The van der Waals surface area contributed by atoms with Crippen LogP contribution in [0.25, 0.3) is 0 Å². The molecular weight excluding hydrogens is 400 g/mol. The summed E-state index contributed by atoms with van der Waals surface area (Å²) in [6.45, 7) is 6.00. The van der Waals surface area contributed by atoms with Crippen molar-refractivity contribution in [3.63, 3.8) is 0 Å². The fourth-order valence-corrected chi connectivity index (χ4v) is 4.71. The van der Waals surface area contributed by atoms with Gasteiger partial charge in [0.05, 0.1) is 25.1 Å². The van der Waals surface area contributed by atoms with E-state index in [0.29, 0.717) is 23.8 Å². The van der Waals surface area contributed by atoms with E-state index in [0.717, 1.165) is 18.2 Å². The molecule has 1 N–H and O–H groups in total. The minimum atomic E-state index is -3.71. The van der Waals surface area contributed by atoms with Crippen LogP contribution in [0.5, 0.6) is 5.75 Å². The molecule has 6 nitrogen and oxygen atoms in total. The maximum absolute atomic E-state index is 13.3. The normalized spacial score (nSPS) is 13.5. The van der Waals surface area contributed by atoms with Gasteiger partial charge in [0.1, 0.15) is 11.8 Å². The second-order valence-electron chi connectivity index (χ2n) is 7.79. The Morgan fingerprint density at radius 1 is 1.10 bits per heavy atom. The summed E-state index contributed by atoms with van der Waals surface area (Å²) in [5.41, 5.74) is 1.40. The Balaban J connectivity index is 2.38. The number of rotatable bonds is 10. The number of carbonyl (C=O) groups excluding carboxylic acids is 1. The number of benzene rings is 2. The highest BCUT2D eigenvalue weighted by Gasteiger charge is 2.33. The van der Waals surface area contributed by atoms with Crippen molar-refractivity contribution in [3.8, 4) is 5.75 Å². The summed E-state index contributed by atoms with van der Waals surface area (Å²) in [4.78, 5) is 13.3. The molecule has 0 radical (unpaired) electrons. The average Bonchev–Trinajstić information content (AvgIpc) is 2.70. The molecule has 30 heavy (non-hydrogen) atoms. The molecule has 2 aromatic carbocycles. The number of anilines is 1. The monoisotopic (exact) mass is 432 g/mol. The van der Waals surface area contributed by atoms with Gasteiger partial charge in [-0.1, -0.05) is 57.2 Å². The smallest absolute Gasteiger partial charge is 0.244 e. The number of hydrogen-bond donors (Lipinski definition) is 1. The largest absolute Gasteiger partial charge is 0.497 e. The van der Waals surface area contributed by atoms with Gasteiger partial charge in [0.2, 0.25) is 15.9 Å². The minimum Gasteiger partial charge on any atom is -0.497 e. The van der Waals surface area contributed by atoms with Crippen molar-refractivity contribution in [2.24, 2.45) is 5.92 Å². The Labute approximate surface area is 180 Å². The first-order valence-electron chi connectivity index (χ1n) is 10.2. The third-order valence-electron chi connectivity index (χ3n) is 4.86. The molecule has 2 aromatic rings. The third kappa shape index (κ3) is 6.23. The van der Waals surface area contributed by atoms with Gasteiger partial charge in [-0.3, -0.25) is 9.10 Å². The van der Waals surface area contributed by atoms with Gasteiger partial charge in [-0.05, 0) is 36.5 Å². The van der Waals surface area contributed by atoms with Gasteiger partial charge in [-0.2, -0.15) is 0 Å². The molecule has 0 aliphatic heterocycles. The van der Waals surface area contributed by atoms with Crippen LogP contribution < -0.4 is 14.4 Å². The van der Waals surface area contributed by atoms with Gasteiger partial charge >= 0.3 is 0 Å². The van der Waals surface area contributed by atoms with Crippen molar-refractivity contribution in [3.05, 3.63) is 60.2 Å². The number of methoxy groups -OCH3 is 1. The van der Waals surface area contributed by atoms with Gasteiger partial charge < -0.3 is 10.1 Å². The second kappa shape index (κ2) is 10.5. The van der Waals surface area contributed by atoms with Crippen LogP contribution in [0.1, 0.15) is 45.2 Å². The molecule has 0 aromatic heterocycles. The Bertz CT molecular complexity index is 929. The number of nitrogens with one attached hydrogen (secondary N) is 1. The van der Waals surface area contributed by atoms with Crippen molar-refractivity contribution in [2.45, 2.75) is 45.7 Å². The van der Waals surface area contributed by atoms with Crippen LogP contribution >= 0.6 is 0 Å². The molecule has 7 heteroatoms. The number of sulfonamides is 1. The van der Waals surface area contributed by atoms with Gasteiger partial charge in [-0.25, -0.2) is 8.42 Å². The van der Waals surface area contributed by atoms with E-state index >= 15 is 0 Å². The lowest BCUT2D eigenvalue weighted by Crippen LogP contribution is -2.50. The Morgan fingerprint density at radius 2 is 1.77 bits per heavy atom. The first-order valence-corrected chi connectivity index (χ1v) is 12.0. The van der Waals surface area contributed by atoms with Crippen molar-refractivity contribution >= 4 is 21.6 Å². The summed E-state index contributed by atoms with van der Waals surface area (Å²) in [5, 5.41) is 3.09. The van der Waals surface area contributed by atoms with Crippen LogP contribution in [-0.4, -0.2) is 33.7 Å². The lowest BCUT2D eigenvalue weighted by molar-refractivity contribution is -0.123.